The van der Waals surface area contributed by atoms with Gasteiger partial charge in [0.25, 0.3) is 0 Å². The molecular formula is C37H34N2O4. The minimum absolute atomic E-state index is 0.0806. The molecule has 0 aromatic heterocycles. The van der Waals surface area contributed by atoms with Crippen molar-refractivity contribution in [2.24, 2.45) is 4.99 Å². The molecule has 0 spiro atoms. The lowest BCUT2D eigenvalue weighted by atomic mass is 9.75. The van der Waals surface area contributed by atoms with Crippen LogP contribution in [0.15, 0.2) is 102 Å². The molecule has 2 atom stereocenters. The highest BCUT2D eigenvalue weighted by atomic mass is 16.4. The van der Waals surface area contributed by atoms with Crippen LogP contribution in [0.5, 0.6) is 0 Å². The van der Waals surface area contributed by atoms with Crippen LogP contribution in [-0.4, -0.2) is 40.6 Å². The molecule has 1 heterocycles. The molecule has 2 unspecified atom stereocenters. The maximum absolute atomic E-state index is 9.55. The topological polar surface area (TPSA) is 99.0 Å². The highest BCUT2D eigenvalue weighted by molar-refractivity contribution is 6.08. The van der Waals surface area contributed by atoms with Gasteiger partial charge in [-0.15, -0.1) is 0 Å². The summed E-state index contributed by atoms with van der Waals surface area (Å²) >= 11 is 0. The first-order chi connectivity index (χ1) is 20.8. The van der Waals surface area contributed by atoms with Gasteiger partial charge in [0.05, 0.1) is 11.9 Å². The van der Waals surface area contributed by atoms with E-state index >= 15 is 0 Å². The van der Waals surface area contributed by atoms with E-state index in [0.29, 0.717) is 18.1 Å². The Bertz CT molecular complexity index is 1910. The SMILES string of the molecule is CC1(Cc2c(C3CCc4c(ccc5c4ccc4ccccc45)C3)ccc3ccccc23)CNC=N1.O=C(O)/C=C/C(=O)O. The summed E-state index contributed by atoms with van der Waals surface area (Å²) in [5, 5.41) is 27.2. The minimum atomic E-state index is -1.26. The number of fused-ring (bicyclic) bond motifs is 6. The van der Waals surface area contributed by atoms with Gasteiger partial charge in [-0.25, -0.2) is 9.59 Å². The van der Waals surface area contributed by atoms with Gasteiger partial charge >= 0.3 is 11.9 Å². The smallest absolute Gasteiger partial charge is 0.328 e. The minimum Gasteiger partial charge on any atom is -0.478 e. The molecule has 5 aromatic rings. The summed E-state index contributed by atoms with van der Waals surface area (Å²) in [6.45, 7) is 3.19. The van der Waals surface area contributed by atoms with Gasteiger partial charge in [-0.3, -0.25) is 4.99 Å². The van der Waals surface area contributed by atoms with Crippen molar-refractivity contribution in [3.05, 3.63) is 119 Å². The Hall–Kier alpha value is -4.97. The average Bonchev–Trinajstić information content (AvgIpc) is 3.45. The van der Waals surface area contributed by atoms with Gasteiger partial charge in [0.2, 0.25) is 0 Å². The normalized spacial score (nSPS) is 19.2. The van der Waals surface area contributed by atoms with Crippen LogP contribution in [0.4, 0.5) is 0 Å². The number of carboxylic acids is 2. The lowest BCUT2D eigenvalue weighted by molar-refractivity contribution is -0.134. The van der Waals surface area contributed by atoms with Crippen molar-refractivity contribution < 1.29 is 19.8 Å². The van der Waals surface area contributed by atoms with E-state index in [2.05, 4.69) is 97.2 Å². The van der Waals surface area contributed by atoms with Crippen molar-refractivity contribution >= 4 is 50.6 Å². The van der Waals surface area contributed by atoms with Crippen LogP contribution < -0.4 is 5.32 Å². The summed E-state index contributed by atoms with van der Waals surface area (Å²) in [6.07, 6.45) is 7.42. The van der Waals surface area contributed by atoms with E-state index in [1.807, 2.05) is 6.34 Å². The molecule has 0 radical (unpaired) electrons. The number of carbonyl (C=O) groups is 2. The van der Waals surface area contributed by atoms with E-state index in [0.717, 1.165) is 25.8 Å². The Balaban J connectivity index is 0.000000365. The number of carboxylic acid groups (broad SMARTS) is 2. The fraction of sp³-hybridized carbons (Fsp3) is 0.216. The monoisotopic (exact) mass is 570 g/mol. The second-order valence-electron chi connectivity index (χ2n) is 11.7. The summed E-state index contributed by atoms with van der Waals surface area (Å²) in [7, 11) is 0. The number of hydrogen-bond donors (Lipinski definition) is 3. The predicted octanol–water partition coefficient (Wildman–Crippen LogP) is 7.06. The first-order valence-electron chi connectivity index (χ1n) is 14.6. The van der Waals surface area contributed by atoms with E-state index in [1.54, 1.807) is 5.56 Å². The Kier molecular flexibility index (Phi) is 7.68. The summed E-state index contributed by atoms with van der Waals surface area (Å²) in [4.78, 5) is 23.9. The van der Waals surface area contributed by atoms with Crippen molar-refractivity contribution in [3.8, 4) is 0 Å². The number of benzene rings is 5. The fourth-order valence-electron chi connectivity index (χ4n) is 6.71. The summed E-state index contributed by atoms with van der Waals surface area (Å²) in [5.74, 6) is -1.97. The lowest BCUT2D eigenvalue weighted by Crippen LogP contribution is -2.31. The average molecular weight is 571 g/mol. The van der Waals surface area contributed by atoms with Crippen molar-refractivity contribution in [1.82, 2.24) is 5.32 Å². The van der Waals surface area contributed by atoms with Crippen molar-refractivity contribution in [3.63, 3.8) is 0 Å². The number of aliphatic imine (C=N–C) groups is 1. The van der Waals surface area contributed by atoms with Crippen LogP contribution in [0.3, 0.4) is 0 Å². The first-order valence-corrected chi connectivity index (χ1v) is 14.6. The molecule has 3 N–H and O–H groups in total. The third kappa shape index (κ3) is 5.86. The molecule has 43 heavy (non-hydrogen) atoms. The third-order valence-electron chi connectivity index (χ3n) is 8.74. The summed E-state index contributed by atoms with van der Waals surface area (Å²) < 4.78 is 0. The lowest BCUT2D eigenvalue weighted by Gasteiger charge is -2.30. The van der Waals surface area contributed by atoms with Gasteiger partial charge in [0, 0.05) is 18.7 Å². The van der Waals surface area contributed by atoms with Crippen LogP contribution in [0.25, 0.3) is 32.3 Å². The van der Waals surface area contributed by atoms with E-state index in [1.165, 1.54) is 55.4 Å². The number of nitrogens with one attached hydrogen (secondary N) is 1. The van der Waals surface area contributed by atoms with Gasteiger partial charge in [0.1, 0.15) is 0 Å². The molecule has 0 saturated carbocycles. The van der Waals surface area contributed by atoms with Crippen LogP contribution in [0, 0.1) is 0 Å². The van der Waals surface area contributed by atoms with E-state index in [9.17, 15) is 9.59 Å². The van der Waals surface area contributed by atoms with Crippen molar-refractivity contribution in [1.29, 1.82) is 0 Å². The zero-order valence-corrected chi connectivity index (χ0v) is 24.1. The Morgan fingerprint density at radius 2 is 1.49 bits per heavy atom. The molecule has 5 aromatic carbocycles. The number of hydrogen-bond acceptors (Lipinski definition) is 4. The molecule has 1 aliphatic carbocycles. The Morgan fingerprint density at radius 1 is 0.837 bits per heavy atom. The predicted molar refractivity (Wildman–Crippen MR) is 173 cm³/mol. The van der Waals surface area contributed by atoms with E-state index in [4.69, 9.17) is 15.2 Å². The van der Waals surface area contributed by atoms with Gasteiger partial charge in [0.15, 0.2) is 0 Å². The third-order valence-corrected chi connectivity index (χ3v) is 8.74. The van der Waals surface area contributed by atoms with E-state index < -0.39 is 11.9 Å². The van der Waals surface area contributed by atoms with Crippen LogP contribution in [0.2, 0.25) is 0 Å². The molecule has 0 fully saturated rings. The number of rotatable bonds is 5. The first kappa shape index (κ1) is 28.2. The van der Waals surface area contributed by atoms with Crippen LogP contribution >= 0.6 is 0 Å². The highest BCUT2D eigenvalue weighted by Crippen LogP contribution is 2.41. The molecule has 2 aliphatic rings. The van der Waals surface area contributed by atoms with Gasteiger partial charge in [-0.05, 0) is 93.1 Å². The van der Waals surface area contributed by atoms with Gasteiger partial charge in [-0.2, -0.15) is 0 Å². The standard InChI is InChI=1S/C33H30N2.C4H4O4/c1-33(20-34-21-35-33)19-32-27-9-5-3-7-23(27)10-14-29(32)25-12-15-28-24(18-25)13-17-30-26-8-4-2-6-22(26)11-16-31(28)30;5-3(6)1-2-4(7)8/h2-11,13-14,16-17,21,25H,12,15,18-20H2,1H3,(H,34,35);1-2H,(H,5,6)(H,7,8)/b;2-1+. The zero-order chi connectivity index (χ0) is 30.0. The van der Waals surface area contributed by atoms with Crippen molar-refractivity contribution in [2.45, 2.75) is 44.1 Å². The molecule has 216 valence electrons. The summed E-state index contributed by atoms with van der Waals surface area (Å²) in [5.41, 5.74) is 6.02. The van der Waals surface area contributed by atoms with Crippen LogP contribution in [0.1, 0.15) is 41.5 Å². The Morgan fingerprint density at radius 3 is 2.19 bits per heavy atom. The molecule has 0 saturated heterocycles. The molecule has 6 nitrogen and oxygen atoms in total. The second-order valence-corrected chi connectivity index (χ2v) is 11.7. The van der Waals surface area contributed by atoms with Crippen molar-refractivity contribution in [2.75, 3.05) is 6.54 Å². The summed E-state index contributed by atoms with van der Waals surface area (Å²) in [6, 6.07) is 31.8. The highest BCUT2D eigenvalue weighted by Gasteiger charge is 2.31. The molecular weight excluding hydrogens is 536 g/mol. The zero-order valence-electron chi connectivity index (χ0n) is 24.1. The molecule has 0 amide bonds. The molecule has 7 rings (SSSR count). The Labute approximate surface area is 250 Å². The quantitative estimate of drug-likeness (QED) is 0.155. The fourth-order valence-corrected chi connectivity index (χ4v) is 6.71. The largest absolute Gasteiger partial charge is 0.478 e. The molecule has 0 bridgehead atoms. The molecule has 6 heteroatoms. The maximum Gasteiger partial charge on any atom is 0.328 e. The van der Waals surface area contributed by atoms with Gasteiger partial charge in [-0.1, -0.05) is 84.9 Å². The number of nitrogens with zero attached hydrogens (tertiary/aromatic N) is 1. The van der Waals surface area contributed by atoms with Crippen LogP contribution in [-0.2, 0) is 28.9 Å². The number of aliphatic carboxylic acids is 2. The van der Waals surface area contributed by atoms with E-state index in [-0.39, 0.29) is 5.54 Å². The maximum atomic E-state index is 9.55. The molecule has 1 aliphatic heterocycles. The second kappa shape index (κ2) is 11.7. The number of aryl methyl sites for hydroxylation is 1. The van der Waals surface area contributed by atoms with Gasteiger partial charge < -0.3 is 15.5 Å².